The lowest BCUT2D eigenvalue weighted by atomic mass is 9.97. The van der Waals surface area contributed by atoms with E-state index in [1.54, 1.807) is 6.07 Å². The van der Waals surface area contributed by atoms with Gasteiger partial charge in [0.25, 0.3) is 5.91 Å². The molecule has 1 atom stereocenters. The van der Waals surface area contributed by atoms with Gasteiger partial charge in [-0.15, -0.1) is 0 Å². The zero-order chi connectivity index (χ0) is 16.2. The second kappa shape index (κ2) is 7.43. The summed E-state index contributed by atoms with van der Waals surface area (Å²) in [7, 11) is 0. The average molecular weight is 318 g/mol. The maximum Gasteiger partial charge on any atom is 0.254 e. The first-order chi connectivity index (χ1) is 11.1. The molecule has 3 nitrogen and oxygen atoms in total. The van der Waals surface area contributed by atoms with Gasteiger partial charge in [0.05, 0.1) is 5.56 Å². The number of hydrogen-bond acceptors (Lipinski definition) is 2. The number of carbonyl (C=O) groups excluding carboxylic acids is 1. The predicted octanol–water partition coefficient (Wildman–Crippen LogP) is 3.56. The molecule has 2 aliphatic rings. The van der Waals surface area contributed by atoms with E-state index in [-0.39, 0.29) is 17.5 Å². The highest BCUT2D eigenvalue weighted by molar-refractivity contribution is 5.95. The molecule has 1 heterocycles. The Kier molecular flexibility index (Phi) is 5.31. The van der Waals surface area contributed by atoms with Crippen molar-refractivity contribution >= 4 is 5.91 Å². The molecule has 0 bridgehead atoms. The highest BCUT2D eigenvalue weighted by Gasteiger charge is 2.20. The molecule has 1 aromatic carbocycles. The minimum absolute atomic E-state index is 0.0974. The Morgan fingerprint density at radius 1 is 1.35 bits per heavy atom. The molecule has 0 radical (unpaired) electrons. The molecule has 1 fully saturated rings. The number of amides is 1. The van der Waals surface area contributed by atoms with Crippen LogP contribution in [-0.4, -0.2) is 18.5 Å². The van der Waals surface area contributed by atoms with Crippen LogP contribution in [0.25, 0.3) is 0 Å². The Morgan fingerprint density at radius 2 is 2.13 bits per heavy atom. The minimum atomic E-state index is -0.409. The summed E-state index contributed by atoms with van der Waals surface area (Å²) in [6, 6.07) is 3.35. The topological polar surface area (TPSA) is 41.1 Å². The van der Waals surface area contributed by atoms with E-state index in [0.29, 0.717) is 6.54 Å². The number of hydrogen-bond donors (Lipinski definition) is 2. The van der Waals surface area contributed by atoms with Crippen molar-refractivity contribution in [1.29, 1.82) is 0 Å². The van der Waals surface area contributed by atoms with Crippen LogP contribution in [0.4, 0.5) is 4.39 Å². The van der Waals surface area contributed by atoms with E-state index >= 15 is 0 Å². The van der Waals surface area contributed by atoms with Crippen molar-refractivity contribution in [1.82, 2.24) is 10.6 Å². The molecule has 23 heavy (non-hydrogen) atoms. The van der Waals surface area contributed by atoms with Gasteiger partial charge in [0.1, 0.15) is 5.82 Å². The van der Waals surface area contributed by atoms with Crippen molar-refractivity contribution in [3.8, 4) is 0 Å². The first kappa shape index (κ1) is 16.4. The molecule has 126 valence electrons. The average Bonchev–Trinajstić information content (AvgIpc) is 3.05. The van der Waals surface area contributed by atoms with E-state index in [4.69, 9.17) is 0 Å². The van der Waals surface area contributed by atoms with Gasteiger partial charge in [-0.05, 0) is 61.9 Å². The van der Waals surface area contributed by atoms with Crippen molar-refractivity contribution < 1.29 is 9.18 Å². The number of halogens is 1. The molecule has 3 rings (SSSR count). The Bertz CT molecular complexity index is 567. The summed E-state index contributed by atoms with van der Waals surface area (Å²) in [5.74, 6) is 0.137. The van der Waals surface area contributed by atoms with Gasteiger partial charge in [0.2, 0.25) is 0 Å². The number of benzene rings is 1. The number of rotatable bonds is 5. The first-order valence-corrected chi connectivity index (χ1v) is 8.96. The predicted molar refractivity (Wildman–Crippen MR) is 89.9 cm³/mol. The van der Waals surface area contributed by atoms with Crippen molar-refractivity contribution in [3.63, 3.8) is 0 Å². The van der Waals surface area contributed by atoms with Gasteiger partial charge in [-0.3, -0.25) is 4.79 Å². The van der Waals surface area contributed by atoms with E-state index < -0.39 is 5.82 Å². The van der Waals surface area contributed by atoms with Crippen molar-refractivity contribution in [2.24, 2.45) is 5.92 Å². The van der Waals surface area contributed by atoms with Crippen molar-refractivity contribution in [2.75, 3.05) is 6.54 Å². The molecule has 1 aromatic rings. The zero-order valence-corrected chi connectivity index (χ0v) is 14.0. The largest absolute Gasteiger partial charge is 0.349 e. The first-order valence-electron chi connectivity index (χ1n) is 8.96. The fourth-order valence-corrected chi connectivity index (χ4v) is 3.84. The van der Waals surface area contributed by atoms with Gasteiger partial charge in [-0.1, -0.05) is 25.7 Å². The minimum Gasteiger partial charge on any atom is -0.349 e. The standard InChI is InChI=1S/C19H27FN2O/c1-13(6-7-14-4-2-3-5-14)22-19(23)17-10-15-8-9-21-12-16(15)11-18(17)20/h10-11,13-14,21H,2-9,12H2,1H3,(H,22,23). The fraction of sp³-hybridized carbons (Fsp3) is 0.632. The van der Waals surface area contributed by atoms with Gasteiger partial charge in [-0.2, -0.15) is 0 Å². The maximum atomic E-state index is 14.2. The van der Waals surface area contributed by atoms with Gasteiger partial charge >= 0.3 is 0 Å². The zero-order valence-electron chi connectivity index (χ0n) is 14.0. The molecule has 1 amide bonds. The molecular formula is C19H27FN2O. The Hall–Kier alpha value is -1.42. The number of nitrogens with one attached hydrogen (secondary N) is 2. The summed E-state index contributed by atoms with van der Waals surface area (Å²) < 4.78 is 14.2. The number of fused-ring (bicyclic) bond motifs is 1. The molecule has 1 aliphatic heterocycles. The van der Waals surface area contributed by atoms with Crippen LogP contribution in [0.2, 0.25) is 0 Å². The lowest BCUT2D eigenvalue weighted by molar-refractivity contribution is 0.0932. The normalized spacial score (nSPS) is 19.4. The van der Waals surface area contributed by atoms with Gasteiger partial charge in [0, 0.05) is 12.6 Å². The third kappa shape index (κ3) is 4.11. The van der Waals surface area contributed by atoms with E-state index in [2.05, 4.69) is 10.6 Å². The van der Waals surface area contributed by atoms with Crippen molar-refractivity contribution in [3.05, 3.63) is 34.6 Å². The van der Waals surface area contributed by atoms with E-state index in [1.807, 2.05) is 6.92 Å². The van der Waals surface area contributed by atoms with Crippen molar-refractivity contribution in [2.45, 2.75) is 64.5 Å². The van der Waals surface area contributed by atoms with Crippen LogP contribution in [0.1, 0.15) is 66.9 Å². The van der Waals surface area contributed by atoms with E-state index in [9.17, 15) is 9.18 Å². The summed E-state index contributed by atoms with van der Waals surface area (Å²) >= 11 is 0. The monoisotopic (exact) mass is 318 g/mol. The Morgan fingerprint density at radius 3 is 2.91 bits per heavy atom. The Labute approximate surface area is 138 Å². The second-order valence-electron chi connectivity index (χ2n) is 7.13. The summed E-state index contributed by atoms with van der Waals surface area (Å²) in [6.07, 6.45) is 8.35. The molecule has 0 saturated heterocycles. The molecule has 1 saturated carbocycles. The molecule has 0 spiro atoms. The summed E-state index contributed by atoms with van der Waals surface area (Å²) in [6.45, 7) is 3.59. The van der Waals surface area contributed by atoms with Crippen LogP contribution in [0.3, 0.4) is 0 Å². The lowest BCUT2D eigenvalue weighted by Crippen LogP contribution is -2.34. The van der Waals surface area contributed by atoms with Crippen LogP contribution < -0.4 is 10.6 Å². The second-order valence-corrected chi connectivity index (χ2v) is 7.13. The quantitative estimate of drug-likeness (QED) is 0.871. The summed E-state index contributed by atoms with van der Waals surface area (Å²) in [4.78, 5) is 12.4. The summed E-state index contributed by atoms with van der Waals surface area (Å²) in [5, 5.41) is 6.20. The smallest absolute Gasteiger partial charge is 0.254 e. The molecule has 2 N–H and O–H groups in total. The molecule has 1 aliphatic carbocycles. The molecule has 0 aromatic heterocycles. The summed E-state index contributed by atoms with van der Waals surface area (Å²) in [5.41, 5.74) is 2.26. The van der Waals surface area contributed by atoms with Crippen LogP contribution in [0.5, 0.6) is 0 Å². The maximum absolute atomic E-state index is 14.2. The highest BCUT2D eigenvalue weighted by Crippen LogP contribution is 2.29. The van der Waals surface area contributed by atoms with Gasteiger partial charge in [-0.25, -0.2) is 4.39 Å². The van der Waals surface area contributed by atoms with Crippen LogP contribution in [-0.2, 0) is 13.0 Å². The fourth-order valence-electron chi connectivity index (χ4n) is 3.84. The highest BCUT2D eigenvalue weighted by atomic mass is 19.1. The van der Waals surface area contributed by atoms with Crippen LogP contribution >= 0.6 is 0 Å². The Balaban J connectivity index is 1.58. The van der Waals surface area contributed by atoms with Crippen LogP contribution in [0.15, 0.2) is 12.1 Å². The van der Waals surface area contributed by atoms with Gasteiger partial charge in [0.15, 0.2) is 0 Å². The van der Waals surface area contributed by atoms with Gasteiger partial charge < -0.3 is 10.6 Å². The van der Waals surface area contributed by atoms with Crippen LogP contribution in [0, 0.1) is 11.7 Å². The molecule has 1 unspecified atom stereocenters. The molecular weight excluding hydrogens is 291 g/mol. The molecule has 4 heteroatoms. The SMILES string of the molecule is CC(CCC1CCCC1)NC(=O)c1cc2c(cc1F)CNCC2. The number of carbonyl (C=O) groups is 1. The van der Waals surface area contributed by atoms with E-state index in [0.717, 1.165) is 36.4 Å². The lowest BCUT2D eigenvalue weighted by Gasteiger charge is -2.20. The van der Waals surface area contributed by atoms with E-state index in [1.165, 1.54) is 38.2 Å². The third-order valence-corrected chi connectivity index (χ3v) is 5.28. The third-order valence-electron chi connectivity index (χ3n) is 5.28.